The number of pyridine rings is 1. The molecule has 0 aromatic carbocycles. The predicted molar refractivity (Wildman–Crippen MR) is 87.7 cm³/mol. The molecular weight excluding hydrogens is 310 g/mol. The van der Waals surface area contributed by atoms with Crippen LogP contribution in [0.1, 0.15) is 54.1 Å². The molecule has 1 aliphatic heterocycles. The minimum Gasteiger partial charge on any atom is -0.477 e. The van der Waals surface area contributed by atoms with E-state index in [4.69, 9.17) is 5.11 Å². The van der Waals surface area contributed by atoms with Crippen LogP contribution < -0.4 is 5.32 Å². The van der Waals surface area contributed by atoms with Gasteiger partial charge in [-0.05, 0) is 30.9 Å². The van der Waals surface area contributed by atoms with Crippen molar-refractivity contribution in [2.24, 2.45) is 5.92 Å². The zero-order chi connectivity index (χ0) is 17.7. The van der Waals surface area contributed by atoms with E-state index in [9.17, 15) is 14.4 Å². The molecule has 1 saturated heterocycles. The number of carboxylic acid groups (broad SMARTS) is 1. The Morgan fingerprint density at radius 1 is 1.25 bits per heavy atom. The number of piperidine rings is 1. The monoisotopic (exact) mass is 333 g/mol. The Bertz CT molecular complexity index is 622. The first-order chi connectivity index (χ1) is 11.4. The number of aromatic carboxylic acids is 1. The zero-order valence-electron chi connectivity index (χ0n) is 14.0. The minimum absolute atomic E-state index is 0.0316. The van der Waals surface area contributed by atoms with Crippen molar-refractivity contribution in [3.05, 3.63) is 29.6 Å². The van der Waals surface area contributed by atoms with Crippen LogP contribution in [-0.4, -0.2) is 51.9 Å². The van der Waals surface area contributed by atoms with Crippen molar-refractivity contribution >= 4 is 17.8 Å². The third-order valence-corrected chi connectivity index (χ3v) is 3.97. The number of nitrogens with zero attached hydrogens (tertiary/aromatic N) is 2. The Hall–Kier alpha value is -2.44. The van der Waals surface area contributed by atoms with Gasteiger partial charge in [-0.15, -0.1) is 0 Å². The van der Waals surface area contributed by atoms with Gasteiger partial charge in [0, 0.05) is 25.6 Å². The zero-order valence-corrected chi connectivity index (χ0v) is 14.0. The topological polar surface area (TPSA) is 99.6 Å². The lowest BCUT2D eigenvalue weighted by molar-refractivity contribution is -0.133. The Kier molecular flexibility index (Phi) is 5.89. The van der Waals surface area contributed by atoms with E-state index in [0.717, 1.165) is 0 Å². The Morgan fingerprint density at radius 3 is 2.46 bits per heavy atom. The first kappa shape index (κ1) is 17.9. The molecule has 1 aromatic heterocycles. The van der Waals surface area contributed by atoms with Crippen molar-refractivity contribution in [2.75, 3.05) is 13.1 Å². The van der Waals surface area contributed by atoms with Crippen LogP contribution in [0.25, 0.3) is 0 Å². The number of carbonyl (C=O) groups excluding carboxylic acids is 2. The molecule has 0 aliphatic carbocycles. The van der Waals surface area contributed by atoms with E-state index in [1.54, 1.807) is 0 Å². The second-order valence-corrected chi connectivity index (χ2v) is 6.44. The van der Waals surface area contributed by atoms with Gasteiger partial charge >= 0.3 is 5.97 Å². The summed E-state index contributed by atoms with van der Waals surface area (Å²) in [4.78, 5) is 40.8. The molecular formula is C17H23N3O4. The Labute approximate surface area is 141 Å². The van der Waals surface area contributed by atoms with Gasteiger partial charge < -0.3 is 15.3 Å². The number of amides is 2. The van der Waals surface area contributed by atoms with Crippen LogP contribution >= 0.6 is 0 Å². The number of rotatable bonds is 5. The first-order valence-corrected chi connectivity index (χ1v) is 8.15. The van der Waals surface area contributed by atoms with E-state index < -0.39 is 5.97 Å². The van der Waals surface area contributed by atoms with Crippen molar-refractivity contribution in [3.8, 4) is 0 Å². The van der Waals surface area contributed by atoms with Gasteiger partial charge in [0.25, 0.3) is 5.91 Å². The quantitative estimate of drug-likeness (QED) is 0.851. The van der Waals surface area contributed by atoms with Crippen LogP contribution in [0.5, 0.6) is 0 Å². The highest BCUT2D eigenvalue weighted by molar-refractivity contribution is 5.94. The average Bonchev–Trinajstić information content (AvgIpc) is 2.55. The maximum atomic E-state index is 12.2. The number of hydrogen-bond donors (Lipinski definition) is 2. The fourth-order valence-corrected chi connectivity index (χ4v) is 2.69. The Balaban J connectivity index is 1.87. The highest BCUT2D eigenvalue weighted by Crippen LogP contribution is 2.14. The van der Waals surface area contributed by atoms with Crippen LogP contribution in [0.2, 0.25) is 0 Å². The molecule has 2 heterocycles. The van der Waals surface area contributed by atoms with Crippen LogP contribution in [-0.2, 0) is 4.79 Å². The first-order valence-electron chi connectivity index (χ1n) is 8.15. The van der Waals surface area contributed by atoms with E-state index in [-0.39, 0.29) is 29.2 Å². The molecule has 1 aromatic rings. The number of nitrogens with one attached hydrogen (secondary N) is 1. The summed E-state index contributed by atoms with van der Waals surface area (Å²) < 4.78 is 0. The molecule has 0 bridgehead atoms. The summed E-state index contributed by atoms with van der Waals surface area (Å²) in [5, 5.41) is 11.8. The van der Waals surface area contributed by atoms with Crippen molar-refractivity contribution in [1.29, 1.82) is 0 Å². The van der Waals surface area contributed by atoms with Crippen molar-refractivity contribution in [2.45, 2.75) is 39.2 Å². The van der Waals surface area contributed by atoms with Gasteiger partial charge in [-0.1, -0.05) is 19.9 Å². The summed E-state index contributed by atoms with van der Waals surface area (Å²) in [5.41, 5.74) is -0.0648. The summed E-state index contributed by atoms with van der Waals surface area (Å²) in [6.45, 7) is 5.28. The lowest BCUT2D eigenvalue weighted by Crippen LogP contribution is -2.46. The highest BCUT2D eigenvalue weighted by atomic mass is 16.4. The maximum Gasteiger partial charge on any atom is 0.354 e. The number of aromatic nitrogens is 1. The summed E-state index contributed by atoms with van der Waals surface area (Å²) in [7, 11) is 0. The molecule has 2 N–H and O–H groups in total. The van der Waals surface area contributed by atoms with Gasteiger partial charge in [0.1, 0.15) is 11.4 Å². The van der Waals surface area contributed by atoms with Gasteiger partial charge in [0.2, 0.25) is 5.91 Å². The molecule has 7 heteroatoms. The molecule has 2 amide bonds. The van der Waals surface area contributed by atoms with Crippen molar-refractivity contribution in [1.82, 2.24) is 15.2 Å². The molecule has 0 unspecified atom stereocenters. The molecule has 130 valence electrons. The second kappa shape index (κ2) is 7.90. The molecule has 24 heavy (non-hydrogen) atoms. The Morgan fingerprint density at radius 2 is 1.88 bits per heavy atom. The van der Waals surface area contributed by atoms with Gasteiger partial charge in [-0.3, -0.25) is 9.59 Å². The second-order valence-electron chi connectivity index (χ2n) is 6.44. The number of carboxylic acids is 1. The third kappa shape index (κ3) is 4.78. The van der Waals surface area contributed by atoms with E-state index in [1.807, 2.05) is 18.7 Å². The maximum absolute atomic E-state index is 12.2. The summed E-state index contributed by atoms with van der Waals surface area (Å²) in [5.74, 6) is -1.06. The lowest BCUT2D eigenvalue weighted by Gasteiger charge is -2.32. The summed E-state index contributed by atoms with van der Waals surface area (Å²) in [6.07, 6.45) is 1.92. The van der Waals surface area contributed by atoms with E-state index in [0.29, 0.717) is 38.3 Å². The number of carbonyl (C=O) groups is 3. The molecule has 0 spiro atoms. The number of hydrogen-bond acceptors (Lipinski definition) is 4. The average molecular weight is 333 g/mol. The largest absolute Gasteiger partial charge is 0.477 e. The van der Waals surface area contributed by atoms with Gasteiger partial charge in [-0.25, -0.2) is 9.78 Å². The van der Waals surface area contributed by atoms with E-state index >= 15 is 0 Å². The molecule has 0 radical (unpaired) electrons. The van der Waals surface area contributed by atoms with Crippen LogP contribution in [0.4, 0.5) is 0 Å². The van der Waals surface area contributed by atoms with Crippen molar-refractivity contribution in [3.63, 3.8) is 0 Å². The standard InChI is InChI=1S/C17H23N3O4/c1-11(2)10-15(21)20-8-6-12(7-9-20)18-16(22)13-4-3-5-14(19-13)17(23)24/h3-5,11-12H,6-10H2,1-2H3,(H,18,22)(H,23,24). The van der Waals surface area contributed by atoms with Crippen molar-refractivity contribution < 1.29 is 19.5 Å². The highest BCUT2D eigenvalue weighted by Gasteiger charge is 2.24. The van der Waals surface area contributed by atoms with E-state index in [1.165, 1.54) is 18.2 Å². The normalized spacial score (nSPS) is 15.4. The van der Waals surface area contributed by atoms with Gasteiger partial charge in [-0.2, -0.15) is 0 Å². The SMILES string of the molecule is CC(C)CC(=O)N1CCC(NC(=O)c2cccc(C(=O)O)n2)CC1. The molecule has 2 rings (SSSR count). The predicted octanol–water partition coefficient (Wildman–Crippen LogP) is 1.55. The minimum atomic E-state index is -1.17. The summed E-state index contributed by atoms with van der Waals surface area (Å²) in [6, 6.07) is 4.30. The molecule has 0 saturated carbocycles. The fourth-order valence-electron chi connectivity index (χ4n) is 2.69. The third-order valence-electron chi connectivity index (χ3n) is 3.97. The fraction of sp³-hybridized carbons (Fsp3) is 0.529. The molecule has 0 atom stereocenters. The van der Waals surface area contributed by atoms with Gasteiger partial charge in [0.15, 0.2) is 0 Å². The van der Waals surface area contributed by atoms with E-state index in [2.05, 4.69) is 10.3 Å². The molecule has 1 aliphatic rings. The smallest absolute Gasteiger partial charge is 0.354 e. The van der Waals surface area contributed by atoms with Crippen LogP contribution in [0.15, 0.2) is 18.2 Å². The van der Waals surface area contributed by atoms with Crippen LogP contribution in [0.3, 0.4) is 0 Å². The lowest BCUT2D eigenvalue weighted by atomic mass is 10.0. The molecule has 7 nitrogen and oxygen atoms in total. The molecule has 1 fully saturated rings. The summed E-state index contributed by atoms with van der Waals surface area (Å²) >= 11 is 0. The van der Waals surface area contributed by atoms with Crippen LogP contribution in [0, 0.1) is 5.92 Å². The van der Waals surface area contributed by atoms with Gasteiger partial charge in [0.05, 0.1) is 0 Å². The number of likely N-dealkylation sites (tertiary alicyclic amines) is 1.